The van der Waals surface area contributed by atoms with Crippen LogP contribution in [0, 0.1) is 6.92 Å². The number of amides is 1. The number of aryl methyl sites for hydroxylation is 1. The molecule has 3 heterocycles. The van der Waals surface area contributed by atoms with E-state index in [0.717, 1.165) is 11.6 Å². The standard InChI is InChI=1S/C18H20F3N5O3/c1-3-29-17(28)26-5-4-25(16-23-7-11(2)8-24-16)10-14(26)12-6-13(18(19,20)21)15(27)22-9-12/h6-9,14H,3-5,10H2,1-2H3,(H,22,27). The zero-order valence-electron chi connectivity index (χ0n) is 15.9. The number of alkyl halides is 3. The molecule has 0 aromatic carbocycles. The molecular weight excluding hydrogens is 391 g/mol. The van der Waals surface area contributed by atoms with Crippen LogP contribution in [0.4, 0.5) is 23.9 Å². The van der Waals surface area contributed by atoms with Crippen molar-refractivity contribution in [3.05, 3.63) is 51.7 Å². The number of nitrogens with zero attached hydrogens (tertiary/aromatic N) is 4. The summed E-state index contributed by atoms with van der Waals surface area (Å²) in [5.74, 6) is 0.407. The van der Waals surface area contributed by atoms with Gasteiger partial charge >= 0.3 is 12.3 Å². The van der Waals surface area contributed by atoms with E-state index in [1.165, 1.54) is 11.1 Å². The lowest BCUT2D eigenvalue weighted by Crippen LogP contribution is -2.51. The molecule has 0 aliphatic carbocycles. The Kier molecular flexibility index (Phi) is 5.76. The molecule has 0 saturated carbocycles. The summed E-state index contributed by atoms with van der Waals surface area (Å²) in [6.45, 7) is 4.34. The molecule has 1 amide bonds. The minimum Gasteiger partial charge on any atom is -0.450 e. The van der Waals surface area contributed by atoms with Crippen LogP contribution in [-0.2, 0) is 10.9 Å². The van der Waals surface area contributed by atoms with E-state index in [9.17, 15) is 22.8 Å². The largest absolute Gasteiger partial charge is 0.450 e. The van der Waals surface area contributed by atoms with Crippen molar-refractivity contribution in [1.29, 1.82) is 0 Å². The molecule has 1 aliphatic rings. The topological polar surface area (TPSA) is 91.4 Å². The quantitative estimate of drug-likeness (QED) is 0.835. The number of rotatable bonds is 3. The Bertz CT molecular complexity index is 930. The van der Waals surface area contributed by atoms with Crippen LogP contribution in [-0.4, -0.2) is 52.2 Å². The smallest absolute Gasteiger partial charge is 0.421 e. The van der Waals surface area contributed by atoms with Crippen LogP contribution in [0.2, 0.25) is 0 Å². The van der Waals surface area contributed by atoms with Crippen LogP contribution in [0.15, 0.2) is 29.5 Å². The second-order valence-electron chi connectivity index (χ2n) is 6.59. The molecule has 0 spiro atoms. The highest BCUT2D eigenvalue weighted by atomic mass is 19.4. The summed E-state index contributed by atoms with van der Waals surface area (Å²) in [6, 6.07) is -0.0134. The first kappa shape index (κ1) is 20.6. The van der Waals surface area contributed by atoms with Crippen LogP contribution < -0.4 is 10.5 Å². The maximum atomic E-state index is 13.2. The molecule has 1 atom stereocenters. The third-order valence-electron chi connectivity index (χ3n) is 4.55. The van der Waals surface area contributed by atoms with Crippen LogP contribution in [0.5, 0.6) is 0 Å². The van der Waals surface area contributed by atoms with Crippen LogP contribution in [0.25, 0.3) is 0 Å². The van der Waals surface area contributed by atoms with Crippen LogP contribution >= 0.6 is 0 Å². The molecular formula is C18H20F3N5O3. The number of aromatic amines is 1. The van der Waals surface area contributed by atoms with Gasteiger partial charge in [-0.15, -0.1) is 0 Å². The molecule has 1 N–H and O–H groups in total. The van der Waals surface area contributed by atoms with E-state index in [4.69, 9.17) is 4.74 Å². The maximum Gasteiger partial charge on any atom is 0.421 e. The van der Waals surface area contributed by atoms with Crippen molar-refractivity contribution >= 4 is 12.0 Å². The second-order valence-corrected chi connectivity index (χ2v) is 6.59. The van der Waals surface area contributed by atoms with Crippen molar-refractivity contribution < 1.29 is 22.7 Å². The van der Waals surface area contributed by atoms with Gasteiger partial charge in [-0.3, -0.25) is 9.69 Å². The molecule has 2 aromatic rings. The lowest BCUT2D eigenvalue weighted by molar-refractivity contribution is -0.138. The molecule has 29 heavy (non-hydrogen) atoms. The van der Waals surface area contributed by atoms with E-state index in [0.29, 0.717) is 12.5 Å². The van der Waals surface area contributed by atoms with E-state index < -0.39 is 29.4 Å². The summed E-state index contributed by atoms with van der Waals surface area (Å²) < 4.78 is 44.6. The van der Waals surface area contributed by atoms with Gasteiger partial charge in [-0.2, -0.15) is 13.2 Å². The lowest BCUT2D eigenvalue weighted by Gasteiger charge is -2.40. The molecule has 1 unspecified atom stereocenters. The number of pyridine rings is 1. The normalized spacial score (nSPS) is 17.3. The highest BCUT2D eigenvalue weighted by Gasteiger charge is 2.38. The molecule has 1 fully saturated rings. The van der Waals surface area contributed by atoms with Crippen molar-refractivity contribution in [2.24, 2.45) is 0 Å². The Morgan fingerprint density at radius 2 is 2.00 bits per heavy atom. The van der Waals surface area contributed by atoms with Crippen molar-refractivity contribution in [3.8, 4) is 0 Å². The number of nitrogens with one attached hydrogen (secondary N) is 1. The fourth-order valence-corrected chi connectivity index (χ4v) is 3.13. The van der Waals surface area contributed by atoms with Gasteiger partial charge in [-0.05, 0) is 31.0 Å². The molecule has 8 nitrogen and oxygen atoms in total. The van der Waals surface area contributed by atoms with Gasteiger partial charge in [-0.25, -0.2) is 14.8 Å². The van der Waals surface area contributed by atoms with Gasteiger partial charge in [0.05, 0.1) is 12.6 Å². The van der Waals surface area contributed by atoms with Gasteiger partial charge in [0.15, 0.2) is 0 Å². The number of ether oxygens (including phenoxy) is 1. The first-order chi connectivity index (χ1) is 13.7. The highest BCUT2D eigenvalue weighted by molar-refractivity contribution is 5.69. The average molecular weight is 411 g/mol. The fraction of sp³-hybridized carbons (Fsp3) is 0.444. The molecule has 0 radical (unpaired) electrons. The van der Waals surface area contributed by atoms with E-state index >= 15 is 0 Å². The number of anilines is 1. The minimum absolute atomic E-state index is 0.131. The molecule has 2 aromatic heterocycles. The average Bonchev–Trinajstić information content (AvgIpc) is 2.68. The maximum absolute atomic E-state index is 13.2. The second kappa shape index (κ2) is 8.10. The zero-order valence-corrected chi connectivity index (χ0v) is 15.9. The van der Waals surface area contributed by atoms with E-state index in [2.05, 4.69) is 15.0 Å². The third-order valence-corrected chi connectivity index (χ3v) is 4.55. The lowest BCUT2D eigenvalue weighted by atomic mass is 10.0. The summed E-state index contributed by atoms with van der Waals surface area (Å²) in [6.07, 6.45) is -0.990. The van der Waals surface area contributed by atoms with Gasteiger partial charge in [0.1, 0.15) is 5.56 Å². The molecule has 1 saturated heterocycles. The summed E-state index contributed by atoms with van der Waals surface area (Å²) in [4.78, 5) is 37.7. The van der Waals surface area contributed by atoms with Gasteiger partial charge in [-0.1, -0.05) is 0 Å². The van der Waals surface area contributed by atoms with Crippen LogP contribution in [0.3, 0.4) is 0 Å². The van der Waals surface area contributed by atoms with Crippen LogP contribution in [0.1, 0.15) is 29.7 Å². The SMILES string of the molecule is CCOC(=O)N1CCN(c2ncc(C)cn2)CC1c1c[nH]c(=O)c(C(F)(F)F)c1. The number of aromatic nitrogens is 3. The number of hydrogen-bond acceptors (Lipinski definition) is 6. The van der Waals surface area contributed by atoms with Crippen molar-refractivity contribution in [3.63, 3.8) is 0 Å². The Hall–Kier alpha value is -3.11. The fourth-order valence-electron chi connectivity index (χ4n) is 3.13. The van der Waals surface area contributed by atoms with E-state index in [1.54, 1.807) is 24.2 Å². The first-order valence-electron chi connectivity index (χ1n) is 8.97. The number of carbonyl (C=O) groups excluding carboxylic acids is 1. The molecule has 0 bridgehead atoms. The van der Waals surface area contributed by atoms with Crippen molar-refractivity contribution in [2.75, 3.05) is 31.1 Å². The summed E-state index contributed by atoms with van der Waals surface area (Å²) in [5.41, 5.74) is -1.55. The number of carbonyl (C=O) groups is 1. The Morgan fingerprint density at radius 1 is 1.31 bits per heavy atom. The zero-order chi connectivity index (χ0) is 21.2. The number of halogens is 3. The Labute approximate surface area is 164 Å². The first-order valence-corrected chi connectivity index (χ1v) is 8.97. The predicted molar refractivity (Wildman–Crippen MR) is 97.5 cm³/mol. The van der Waals surface area contributed by atoms with Gasteiger partial charge < -0.3 is 14.6 Å². The Balaban J connectivity index is 1.98. The van der Waals surface area contributed by atoms with E-state index in [1.807, 2.05) is 6.92 Å². The molecule has 1 aliphatic heterocycles. The number of hydrogen-bond donors (Lipinski definition) is 1. The third kappa shape index (κ3) is 4.49. The number of H-pyrrole nitrogens is 1. The summed E-state index contributed by atoms with van der Waals surface area (Å²) in [7, 11) is 0. The molecule has 11 heteroatoms. The summed E-state index contributed by atoms with van der Waals surface area (Å²) in [5, 5.41) is 0. The van der Waals surface area contributed by atoms with Gasteiger partial charge in [0.2, 0.25) is 5.95 Å². The molecule has 156 valence electrons. The highest BCUT2D eigenvalue weighted by Crippen LogP contribution is 2.31. The predicted octanol–water partition coefficient (Wildman–Crippen LogP) is 2.51. The van der Waals surface area contributed by atoms with Crippen molar-refractivity contribution in [1.82, 2.24) is 19.9 Å². The minimum atomic E-state index is -4.81. The van der Waals surface area contributed by atoms with Gasteiger partial charge in [0, 0.05) is 38.2 Å². The monoisotopic (exact) mass is 411 g/mol. The van der Waals surface area contributed by atoms with E-state index in [-0.39, 0.29) is 25.3 Å². The summed E-state index contributed by atoms with van der Waals surface area (Å²) >= 11 is 0. The van der Waals surface area contributed by atoms with Gasteiger partial charge in [0.25, 0.3) is 5.56 Å². The molecule has 3 rings (SSSR count). The Morgan fingerprint density at radius 3 is 2.62 bits per heavy atom. The number of piperazine rings is 1. The van der Waals surface area contributed by atoms with Crippen molar-refractivity contribution in [2.45, 2.75) is 26.1 Å².